The highest BCUT2D eigenvalue weighted by Gasteiger charge is 2.24. The van der Waals surface area contributed by atoms with E-state index in [1.165, 1.54) is 19.3 Å². The maximum absolute atomic E-state index is 5.54. The van der Waals surface area contributed by atoms with Crippen molar-refractivity contribution in [3.05, 3.63) is 0 Å². The molecule has 2 atom stereocenters. The first-order valence-corrected chi connectivity index (χ1v) is 5.06. The summed E-state index contributed by atoms with van der Waals surface area (Å²) in [5.74, 6) is 0. The molecule has 0 aromatic carbocycles. The van der Waals surface area contributed by atoms with E-state index < -0.39 is 0 Å². The van der Waals surface area contributed by atoms with Gasteiger partial charge in [-0.15, -0.1) is 0 Å². The molecule has 70 valence electrons. The molecule has 1 rings (SSSR count). The molecular formula is C9H18N2S. The fourth-order valence-corrected chi connectivity index (χ4v) is 2.12. The van der Waals surface area contributed by atoms with E-state index in [2.05, 4.69) is 18.7 Å². The third kappa shape index (κ3) is 2.42. The van der Waals surface area contributed by atoms with Gasteiger partial charge in [0.25, 0.3) is 0 Å². The predicted octanol–water partition coefficient (Wildman–Crippen LogP) is 1.54. The smallest absolute Gasteiger partial charge is 0.0870 e. The Morgan fingerprint density at radius 3 is 2.33 bits per heavy atom. The van der Waals surface area contributed by atoms with Crippen molar-refractivity contribution < 1.29 is 0 Å². The minimum Gasteiger partial charge on any atom is -0.392 e. The molecule has 0 aromatic rings. The quantitative estimate of drug-likeness (QED) is 0.663. The second-order valence-electron chi connectivity index (χ2n) is 3.77. The fraction of sp³-hybridized carbons (Fsp3) is 0.889. The largest absolute Gasteiger partial charge is 0.392 e. The van der Waals surface area contributed by atoms with Crippen molar-refractivity contribution in [2.24, 2.45) is 5.73 Å². The fourth-order valence-electron chi connectivity index (χ4n) is 1.97. The van der Waals surface area contributed by atoms with Gasteiger partial charge >= 0.3 is 0 Å². The lowest BCUT2D eigenvalue weighted by Gasteiger charge is -2.38. The van der Waals surface area contributed by atoms with Crippen LogP contribution in [0.5, 0.6) is 0 Å². The van der Waals surface area contributed by atoms with E-state index in [9.17, 15) is 0 Å². The van der Waals surface area contributed by atoms with Gasteiger partial charge in [-0.3, -0.25) is 4.90 Å². The van der Waals surface area contributed by atoms with Gasteiger partial charge in [-0.2, -0.15) is 0 Å². The number of rotatable bonds is 2. The minimum atomic E-state index is 0.621. The zero-order chi connectivity index (χ0) is 9.14. The summed E-state index contributed by atoms with van der Waals surface area (Å²) in [5, 5.41) is 0. The SMILES string of the molecule is C[C@@H]1CCC[C@H](C)N1CC(N)=S. The van der Waals surface area contributed by atoms with Gasteiger partial charge in [0.05, 0.1) is 4.99 Å². The van der Waals surface area contributed by atoms with Crippen LogP contribution in [0.2, 0.25) is 0 Å². The van der Waals surface area contributed by atoms with Gasteiger partial charge in [-0.25, -0.2) is 0 Å². The Morgan fingerprint density at radius 2 is 1.92 bits per heavy atom. The highest BCUT2D eigenvalue weighted by atomic mass is 32.1. The first kappa shape index (κ1) is 9.93. The summed E-state index contributed by atoms with van der Waals surface area (Å²) in [6.07, 6.45) is 3.91. The normalized spacial score (nSPS) is 31.8. The maximum Gasteiger partial charge on any atom is 0.0870 e. The molecule has 0 aliphatic carbocycles. The van der Waals surface area contributed by atoms with Crippen LogP contribution in [0, 0.1) is 0 Å². The van der Waals surface area contributed by atoms with Gasteiger partial charge in [0, 0.05) is 18.6 Å². The third-order valence-corrected chi connectivity index (χ3v) is 2.84. The summed E-state index contributed by atoms with van der Waals surface area (Å²) >= 11 is 4.92. The predicted molar refractivity (Wildman–Crippen MR) is 56.3 cm³/mol. The second-order valence-corrected chi connectivity index (χ2v) is 4.29. The van der Waals surface area contributed by atoms with Crippen molar-refractivity contribution in [3.63, 3.8) is 0 Å². The van der Waals surface area contributed by atoms with Crippen LogP contribution in [0.15, 0.2) is 0 Å². The molecule has 0 saturated carbocycles. The van der Waals surface area contributed by atoms with Gasteiger partial charge in [-0.05, 0) is 26.7 Å². The van der Waals surface area contributed by atoms with Crippen molar-refractivity contribution in [2.45, 2.75) is 45.2 Å². The lowest BCUT2D eigenvalue weighted by molar-refractivity contribution is 0.124. The summed E-state index contributed by atoms with van der Waals surface area (Å²) in [6.45, 7) is 5.31. The first-order valence-electron chi connectivity index (χ1n) is 4.65. The topological polar surface area (TPSA) is 29.3 Å². The van der Waals surface area contributed by atoms with E-state index in [0.717, 1.165) is 6.54 Å². The van der Waals surface area contributed by atoms with Crippen LogP contribution in [0.4, 0.5) is 0 Å². The lowest BCUT2D eigenvalue weighted by Crippen LogP contribution is -2.47. The summed E-state index contributed by atoms with van der Waals surface area (Å²) < 4.78 is 0. The van der Waals surface area contributed by atoms with E-state index in [4.69, 9.17) is 18.0 Å². The molecule has 0 radical (unpaired) electrons. The molecule has 1 aliphatic heterocycles. The van der Waals surface area contributed by atoms with E-state index in [-0.39, 0.29) is 0 Å². The van der Waals surface area contributed by atoms with E-state index in [1.807, 2.05) is 0 Å². The Balaban J connectivity index is 2.50. The number of nitrogens with zero attached hydrogens (tertiary/aromatic N) is 1. The van der Waals surface area contributed by atoms with Crippen LogP contribution in [0.3, 0.4) is 0 Å². The third-order valence-electron chi connectivity index (χ3n) is 2.71. The summed E-state index contributed by atoms with van der Waals surface area (Å²) in [5.41, 5.74) is 5.54. The van der Waals surface area contributed by atoms with Gasteiger partial charge in [0.2, 0.25) is 0 Å². The van der Waals surface area contributed by atoms with Crippen molar-refractivity contribution in [2.75, 3.05) is 6.54 Å². The van der Waals surface area contributed by atoms with Crippen LogP contribution in [0.25, 0.3) is 0 Å². The second kappa shape index (κ2) is 4.19. The molecule has 1 heterocycles. The van der Waals surface area contributed by atoms with Crippen LogP contribution in [-0.4, -0.2) is 28.5 Å². The Bertz CT molecular complexity index is 160. The Hall–Kier alpha value is -0.150. The van der Waals surface area contributed by atoms with Crippen LogP contribution < -0.4 is 5.73 Å². The van der Waals surface area contributed by atoms with Gasteiger partial charge in [-0.1, -0.05) is 18.6 Å². The van der Waals surface area contributed by atoms with Crippen molar-refractivity contribution in [3.8, 4) is 0 Å². The molecule has 2 nitrogen and oxygen atoms in total. The Kier molecular flexibility index (Phi) is 3.47. The van der Waals surface area contributed by atoms with Crippen LogP contribution in [0.1, 0.15) is 33.1 Å². The standard InChI is InChI=1S/C9H18N2S/c1-7-4-3-5-8(2)11(7)6-9(10)12/h7-8H,3-6H2,1-2H3,(H2,10,12)/t7-,8+. The number of hydrogen-bond donors (Lipinski definition) is 1. The highest BCUT2D eigenvalue weighted by molar-refractivity contribution is 7.80. The maximum atomic E-state index is 5.54. The number of nitrogens with two attached hydrogens (primary N) is 1. The Morgan fingerprint density at radius 1 is 1.42 bits per heavy atom. The lowest BCUT2D eigenvalue weighted by atomic mass is 9.98. The van der Waals surface area contributed by atoms with E-state index >= 15 is 0 Å². The monoisotopic (exact) mass is 186 g/mol. The molecule has 0 bridgehead atoms. The molecule has 1 saturated heterocycles. The van der Waals surface area contributed by atoms with Crippen molar-refractivity contribution in [1.29, 1.82) is 0 Å². The molecule has 3 heteroatoms. The molecule has 12 heavy (non-hydrogen) atoms. The highest BCUT2D eigenvalue weighted by Crippen LogP contribution is 2.21. The number of likely N-dealkylation sites (tertiary alicyclic amines) is 1. The van der Waals surface area contributed by atoms with Gasteiger partial charge in [0.15, 0.2) is 0 Å². The van der Waals surface area contributed by atoms with E-state index in [0.29, 0.717) is 17.1 Å². The van der Waals surface area contributed by atoms with Gasteiger partial charge in [0.1, 0.15) is 0 Å². The number of hydrogen-bond acceptors (Lipinski definition) is 2. The van der Waals surface area contributed by atoms with Crippen LogP contribution >= 0.6 is 12.2 Å². The Labute approximate surface area is 80.1 Å². The molecular weight excluding hydrogens is 168 g/mol. The molecule has 1 aliphatic rings. The molecule has 1 fully saturated rings. The van der Waals surface area contributed by atoms with Crippen molar-refractivity contribution >= 4 is 17.2 Å². The zero-order valence-corrected chi connectivity index (χ0v) is 8.73. The zero-order valence-electron chi connectivity index (χ0n) is 7.92. The molecule has 2 N–H and O–H groups in total. The summed E-state index contributed by atoms with van der Waals surface area (Å²) in [4.78, 5) is 3.03. The summed E-state index contributed by atoms with van der Waals surface area (Å²) in [7, 11) is 0. The number of thiocarbonyl (C=S) groups is 1. The average molecular weight is 186 g/mol. The van der Waals surface area contributed by atoms with Crippen LogP contribution in [-0.2, 0) is 0 Å². The molecule has 0 amide bonds. The summed E-state index contributed by atoms with van der Waals surface area (Å²) in [6, 6.07) is 1.30. The minimum absolute atomic E-state index is 0.621. The average Bonchev–Trinajstić information content (AvgIpc) is 1.97. The van der Waals surface area contributed by atoms with Crippen molar-refractivity contribution in [1.82, 2.24) is 4.90 Å². The van der Waals surface area contributed by atoms with Gasteiger partial charge < -0.3 is 5.73 Å². The number of piperidine rings is 1. The first-order chi connectivity index (χ1) is 5.61. The molecule has 0 aromatic heterocycles. The molecule has 0 unspecified atom stereocenters. The molecule has 0 spiro atoms. The van der Waals surface area contributed by atoms with E-state index in [1.54, 1.807) is 0 Å².